The Kier molecular flexibility index (Phi) is 6.79. The Morgan fingerprint density at radius 2 is 2.00 bits per heavy atom. The molecule has 1 fully saturated rings. The Morgan fingerprint density at radius 3 is 2.71 bits per heavy atom. The van der Waals surface area contributed by atoms with E-state index in [1.54, 1.807) is 17.6 Å². The first-order valence-electron chi connectivity index (χ1n) is 10.1. The lowest BCUT2D eigenvalue weighted by Crippen LogP contribution is -2.48. The lowest BCUT2D eigenvalue weighted by molar-refractivity contribution is 0.0628. The van der Waals surface area contributed by atoms with E-state index in [-0.39, 0.29) is 17.5 Å². The van der Waals surface area contributed by atoms with Gasteiger partial charge < -0.3 is 14.4 Å². The third kappa shape index (κ3) is 5.39. The largest absolute Gasteiger partial charge is 0.494 e. The summed E-state index contributed by atoms with van der Waals surface area (Å²) in [5.74, 6) is 0.538. The summed E-state index contributed by atoms with van der Waals surface area (Å²) in [5, 5.41) is 1.94. The van der Waals surface area contributed by atoms with Crippen molar-refractivity contribution in [2.45, 2.75) is 13.2 Å². The van der Waals surface area contributed by atoms with Gasteiger partial charge in [-0.1, -0.05) is 12.1 Å². The minimum atomic E-state index is -0.356. The van der Waals surface area contributed by atoms with Gasteiger partial charge in [-0.2, -0.15) is 0 Å². The van der Waals surface area contributed by atoms with E-state index in [2.05, 4.69) is 9.88 Å². The van der Waals surface area contributed by atoms with Crippen molar-refractivity contribution in [1.82, 2.24) is 14.8 Å². The van der Waals surface area contributed by atoms with Crippen LogP contribution in [-0.2, 0) is 13.2 Å². The molecule has 1 aliphatic heterocycles. The SMILES string of the molecule is COc1ccc(CN2CCN(C(=O)c3cccc(OCc4cscn4)c3)CC2)cc1F. The van der Waals surface area contributed by atoms with Crippen molar-refractivity contribution in [2.75, 3.05) is 33.3 Å². The van der Waals surface area contributed by atoms with Crippen molar-refractivity contribution in [3.8, 4) is 11.5 Å². The molecule has 2 heterocycles. The first kappa shape index (κ1) is 21.3. The molecule has 1 aliphatic rings. The molecule has 1 aromatic heterocycles. The fourth-order valence-corrected chi connectivity index (χ4v) is 4.09. The number of hydrogen-bond donors (Lipinski definition) is 0. The van der Waals surface area contributed by atoms with Gasteiger partial charge in [0.2, 0.25) is 0 Å². The predicted octanol–water partition coefficient (Wildman–Crippen LogP) is 3.83. The molecule has 6 nitrogen and oxygen atoms in total. The van der Waals surface area contributed by atoms with E-state index in [9.17, 15) is 9.18 Å². The molecule has 0 N–H and O–H groups in total. The molecular weight excluding hydrogens is 417 g/mol. The Hall–Kier alpha value is -2.97. The molecule has 0 saturated carbocycles. The van der Waals surface area contributed by atoms with Crippen LogP contribution < -0.4 is 9.47 Å². The van der Waals surface area contributed by atoms with Gasteiger partial charge in [-0.05, 0) is 35.9 Å². The number of amides is 1. The van der Waals surface area contributed by atoms with Crippen LogP contribution in [0.2, 0.25) is 0 Å². The Bertz CT molecular complexity index is 1020. The van der Waals surface area contributed by atoms with Crippen LogP contribution in [0.5, 0.6) is 11.5 Å². The molecule has 162 valence electrons. The van der Waals surface area contributed by atoms with E-state index >= 15 is 0 Å². The minimum absolute atomic E-state index is 0.00532. The van der Waals surface area contributed by atoms with Crippen LogP contribution in [0.3, 0.4) is 0 Å². The van der Waals surface area contributed by atoms with Gasteiger partial charge >= 0.3 is 0 Å². The van der Waals surface area contributed by atoms with Gasteiger partial charge in [-0.25, -0.2) is 9.37 Å². The first-order chi connectivity index (χ1) is 15.1. The summed E-state index contributed by atoms with van der Waals surface area (Å²) in [4.78, 5) is 21.2. The zero-order chi connectivity index (χ0) is 21.6. The highest BCUT2D eigenvalue weighted by Gasteiger charge is 2.22. The Balaban J connectivity index is 1.31. The Labute approximate surface area is 184 Å². The molecule has 1 amide bonds. The van der Waals surface area contributed by atoms with Crippen LogP contribution in [0.4, 0.5) is 4.39 Å². The van der Waals surface area contributed by atoms with Gasteiger partial charge in [0, 0.05) is 43.7 Å². The summed E-state index contributed by atoms with van der Waals surface area (Å²) in [6, 6.07) is 12.3. The number of halogens is 1. The van der Waals surface area contributed by atoms with Crippen LogP contribution in [0.15, 0.2) is 53.4 Å². The van der Waals surface area contributed by atoms with Crippen molar-refractivity contribution < 1.29 is 18.7 Å². The van der Waals surface area contributed by atoms with Crippen LogP contribution in [0.1, 0.15) is 21.6 Å². The number of ether oxygens (including phenoxy) is 2. The van der Waals surface area contributed by atoms with Gasteiger partial charge in [0.1, 0.15) is 12.4 Å². The number of aromatic nitrogens is 1. The van der Waals surface area contributed by atoms with E-state index < -0.39 is 0 Å². The highest BCUT2D eigenvalue weighted by molar-refractivity contribution is 7.07. The normalized spacial score (nSPS) is 14.5. The third-order valence-electron chi connectivity index (χ3n) is 5.23. The number of hydrogen-bond acceptors (Lipinski definition) is 6. The molecule has 0 atom stereocenters. The average molecular weight is 442 g/mol. The molecule has 31 heavy (non-hydrogen) atoms. The average Bonchev–Trinajstić information content (AvgIpc) is 3.32. The van der Waals surface area contributed by atoms with Gasteiger partial charge in [-0.15, -0.1) is 11.3 Å². The Morgan fingerprint density at radius 1 is 1.16 bits per heavy atom. The number of nitrogens with zero attached hydrogens (tertiary/aromatic N) is 3. The number of rotatable bonds is 7. The van der Waals surface area contributed by atoms with Gasteiger partial charge in [0.05, 0.1) is 18.3 Å². The summed E-state index contributed by atoms with van der Waals surface area (Å²) >= 11 is 1.52. The van der Waals surface area contributed by atoms with Crippen molar-refractivity contribution in [2.24, 2.45) is 0 Å². The topological polar surface area (TPSA) is 54.9 Å². The van der Waals surface area contributed by atoms with Crippen LogP contribution >= 0.6 is 11.3 Å². The summed E-state index contributed by atoms with van der Waals surface area (Å²) in [6.45, 7) is 3.75. The molecule has 0 spiro atoms. The molecule has 0 unspecified atom stereocenters. The maximum absolute atomic E-state index is 13.9. The highest BCUT2D eigenvalue weighted by Crippen LogP contribution is 2.20. The second-order valence-electron chi connectivity index (χ2n) is 7.33. The van der Waals surface area contributed by atoms with E-state index in [4.69, 9.17) is 9.47 Å². The number of piperazine rings is 1. The first-order valence-corrected chi connectivity index (χ1v) is 11.0. The van der Waals surface area contributed by atoms with Crippen molar-refractivity contribution in [3.63, 3.8) is 0 Å². The van der Waals surface area contributed by atoms with Gasteiger partial charge in [0.25, 0.3) is 5.91 Å². The molecule has 0 radical (unpaired) electrons. The van der Waals surface area contributed by atoms with Gasteiger partial charge in [-0.3, -0.25) is 9.69 Å². The molecule has 0 bridgehead atoms. The molecule has 2 aromatic carbocycles. The van der Waals surface area contributed by atoms with Crippen molar-refractivity contribution in [3.05, 3.63) is 76.0 Å². The number of carbonyl (C=O) groups is 1. The molecule has 4 rings (SSSR count). The monoisotopic (exact) mass is 441 g/mol. The summed E-state index contributed by atoms with van der Waals surface area (Å²) in [5.41, 5.74) is 4.14. The highest BCUT2D eigenvalue weighted by atomic mass is 32.1. The zero-order valence-corrected chi connectivity index (χ0v) is 18.1. The number of carbonyl (C=O) groups excluding carboxylic acids is 1. The van der Waals surface area contributed by atoms with E-state index in [0.29, 0.717) is 37.6 Å². The summed E-state index contributed by atoms with van der Waals surface area (Å²) < 4.78 is 24.7. The molecule has 8 heteroatoms. The number of thiazole rings is 1. The maximum atomic E-state index is 13.9. The predicted molar refractivity (Wildman–Crippen MR) is 117 cm³/mol. The molecule has 1 saturated heterocycles. The lowest BCUT2D eigenvalue weighted by atomic mass is 10.1. The third-order valence-corrected chi connectivity index (χ3v) is 5.87. The van der Waals surface area contributed by atoms with Crippen molar-refractivity contribution >= 4 is 17.2 Å². The van der Waals surface area contributed by atoms with Crippen molar-refractivity contribution in [1.29, 1.82) is 0 Å². The summed E-state index contributed by atoms with van der Waals surface area (Å²) in [7, 11) is 1.46. The van der Waals surface area contributed by atoms with E-state index in [1.165, 1.54) is 24.5 Å². The zero-order valence-electron chi connectivity index (χ0n) is 17.3. The molecular formula is C23H24FN3O3S. The number of methoxy groups -OCH3 is 1. The smallest absolute Gasteiger partial charge is 0.254 e. The number of benzene rings is 2. The van der Waals surface area contributed by atoms with Crippen LogP contribution in [-0.4, -0.2) is 54.0 Å². The quantitative estimate of drug-likeness (QED) is 0.558. The standard InChI is InChI=1S/C23H24FN3O3S/c1-29-22-6-5-17(11-21(22)24)13-26-7-9-27(10-8-26)23(28)18-3-2-4-20(12-18)30-14-19-15-31-16-25-19/h2-6,11-12,15-16H,7-10,13-14H2,1H3. The van der Waals surface area contributed by atoms with E-state index in [1.807, 2.05) is 34.5 Å². The van der Waals surface area contributed by atoms with Gasteiger partial charge in [0.15, 0.2) is 11.6 Å². The minimum Gasteiger partial charge on any atom is -0.494 e. The fraction of sp³-hybridized carbons (Fsp3) is 0.304. The second-order valence-corrected chi connectivity index (χ2v) is 8.05. The lowest BCUT2D eigenvalue weighted by Gasteiger charge is -2.34. The molecule has 3 aromatic rings. The maximum Gasteiger partial charge on any atom is 0.254 e. The fourth-order valence-electron chi connectivity index (χ4n) is 3.54. The summed E-state index contributed by atoms with van der Waals surface area (Å²) in [6.07, 6.45) is 0. The van der Waals surface area contributed by atoms with Crippen LogP contribution in [0, 0.1) is 5.82 Å². The van der Waals surface area contributed by atoms with Crippen LogP contribution in [0.25, 0.3) is 0 Å². The second kappa shape index (κ2) is 9.89. The molecule has 0 aliphatic carbocycles. The van der Waals surface area contributed by atoms with E-state index in [0.717, 1.165) is 24.3 Å².